The van der Waals surface area contributed by atoms with Crippen molar-refractivity contribution in [3.8, 4) is 0 Å². The van der Waals surface area contributed by atoms with Crippen LogP contribution in [0.2, 0.25) is 5.02 Å². The van der Waals surface area contributed by atoms with E-state index in [2.05, 4.69) is 0 Å². The first-order valence-electron chi connectivity index (χ1n) is 5.75. The highest BCUT2D eigenvalue weighted by atomic mass is 35.5. The molecule has 5 heteroatoms. The quantitative estimate of drug-likeness (QED) is 0.622. The monoisotopic (exact) mass is 279 g/mol. The van der Waals surface area contributed by atoms with E-state index in [-0.39, 0.29) is 11.5 Å². The Hall–Kier alpha value is -1.94. The summed E-state index contributed by atoms with van der Waals surface area (Å²) in [5.41, 5.74) is 1.02. The Labute approximate surface area is 114 Å². The van der Waals surface area contributed by atoms with Crippen molar-refractivity contribution in [2.75, 3.05) is 0 Å². The van der Waals surface area contributed by atoms with Crippen molar-refractivity contribution in [2.45, 2.75) is 12.8 Å². The molecule has 0 aliphatic rings. The van der Waals surface area contributed by atoms with Gasteiger partial charge in [-0.3, -0.25) is 10.1 Å². The second-order valence-corrected chi connectivity index (χ2v) is 4.49. The Balaban J connectivity index is 2.22. The van der Waals surface area contributed by atoms with Gasteiger partial charge in [0, 0.05) is 22.2 Å². The molecule has 0 N–H and O–H groups in total. The van der Waals surface area contributed by atoms with E-state index in [0.29, 0.717) is 29.0 Å². The molecule has 0 bridgehead atoms. The van der Waals surface area contributed by atoms with Crippen LogP contribution in [0.4, 0.5) is 10.1 Å². The summed E-state index contributed by atoms with van der Waals surface area (Å²) in [5, 5.41) is 11.2. The van der Waals surface area contributed by atoms with E-state index < -0.39 is 4.92 Å². The Bertz CT molecular complexity index is 596. The van der Waals surface area contributed by atoms with Gasteiger partial charge in [-0.15, -0.1) is 0 Å². The van der Waals surface area contributed by atoms with E-state index >= 15 is 0 Å². The first-order valence-corrected chi connectivity index (χ1v) is 6.12. The minimum absolute atomic E-state index is 0.0509. The average molecular weight is 280 g/mol. The number of nitro groups is 1. The molecule has 2 rings (SSSR count). The lowest BCUT2D eigenvalue weighted by Crippen LogP contribution is -1.99. The Kier molecular flexibility index (Phi) is 4.12. The summed E-state index contributed by atoms with van der Waals surface area (Å²) < 4.78 is 13.6. The van der Waals surface area contributed by atoms with Crippen LogP contribution in [0.1, 0.15) is 11.1 Å². The van der Waals surface area contributed by atoms with Gasteiger partial charge in [-0.1, -0.05) is 35.9 Å². The third-order valence-corrected chi connectivity index (χ3v) is 3.25. The third kappa shape index (κ3) is 3.09. The lowest BCUT2D eigenvalue weighted by molar-refractivity contribution is -0.385. The molecule has 0 atom stereocenters. The van der Waals surface area contributed by atoms with Crippen molar-refractivity contribution in [3.63, 3.8) is 0 Å². The number of aryl methyl sites for hydroxylation is 1. The minimum atomic E-state index is -0.432. The van der Waals surface area contributed by atoms with Crippen molar-refractivity contribution in [2.24, 2.45) is 0 Å². The largest absolute Gasteiger partial charge is 0.272 e. The first-order chi connectivity index (χ1) is 9.09. The van der Waals surface area contributed by atoms with Crippen molar-refractivity contribution in [3.05, 3.63) is 74.5 Å². The smallest absolute Gasteiger partial charge is 0.258 e. The number of hydrogen-bond donors (Lipinski definition) is 0. The van der Waals surface area contributed by atoms with Crippen LogP contribution >= 0.6 is 11.6 Å². The summed E-state index contributed by atoms with van der Waals surface area (Å²) >= 11 is 5.92. The van der Waals surface area contributed by atoms with Gasteiger partial charge in [0.25, 0.3) is 5.69 Å². The molecule has 2 aromatic carbocycles. The zero-order valence-electron chi connectivity index (χ0n) is 9.98. The highest BCUT2D eigenvalue weighted by Gasteiger charge is 2.14. The Morgan fingerprint density at radius 2 is 1.84 bits per heavy atom. The third-order valence-electron chi connectivity index (χ3n) is 2.89. The molecule has 2 aromatic rings. The molecular weight excluding hydrogens is 269 g/mol. The molecule has 0 radical (unpaired) electrons. The zero-order valence-corrected chi connectivity index (χ0v) is 10.7. The summed E-state index contributed by atoms with van der Waals surface area (Å²) in [5.74, 6) is -0.383. The molecule has 0 heterocycles. The molecule has 19 heavy (non-hydrogen) atoms. The predicted molar refractivity (Wildman–Crippen MR) is 71.9 cm³/mol. The molecule has 0 saturated heterocycles. The van der Waals surface area contributed by atoms with Gasteiger partial charge in [-0.2, -0.15) is 0 Å². The number of halogens is 2. The Morgan fingerprint density at radius 1 is 1.11 bits per heavy atom. The maximum Gasteiger partial charge on any atom is 0.272 e. The van der Waals surface area contributed by atoms with Crippen molar-refractivity contribution >= 4 is 17.3 Å². The summed E-state index contributed by atoms with van der Waals surface area (Å²) in [6, 6.07) is 10.9. The fourth-order valence-corrected chi connectivity index (χ4v) is 2.19. The SMILES string of the molecule is O=[N+]([O-])c1ccccc1CCc1c(F)cccc1Cl. The van der Waals surface area contributed by atoms with Crippen LogP contribution in [0.15, 0.2) is 42.5 Å². The van der Waals surface area contributed by atoms with Crippen LogP contribution in [-0.4, -0.2) is 4.92 Å². The molecule has 0 amide bonds. The highest BCUT2D eigenvalue weighted by molar-refractivity contribution is 6.31. The molecule has 98 valence electrons. The normalized spacial score (nSPS) is 10.4. The van der Waals surface area contributed by atoms with Gasteiger partial charge < -0.3 is 0 Å². The summed E-state index contributed by atoms with van der Waals surface area (Å²) in [6.07, 6.45) is 0.703. The topological polar surface area (TPSA) is 43.1 Å². The summed E-state index contributed by atoms with van der Waals surface area (Å²) in [7, 11) is 0. The van der Waals surface area contributed by atoms with Crippen molar-refractivity contribution < 1.29 is 9.31 Å². The maximum atomic E-state index is 13.6. The maximum absolute atomic E-state index is 13.6. The number of para-hydroxylation sites is 1. The highest BCUT2D eigenvalue weighted by Crippen LogP contribution is 2.24. The van der Waals surface area contributed by atoms with E-state index in [9.17, 15) is 14.5 Å². The van der Waals surface area contributed by atoms with Gasteiger partial charge in [0.1, 0.15) is 5.82 Å². The van der Waals surface area contributed by atoms with Crippen LogP contribution in [0.5, 0.6) is 0 Å². The minimum Gasteiger partial charge on any atom is -0.258 e. The second kappa shape index (κ2) is 5.80. The van der Waals surface area contributed by atoms with Crippen LogP contribution in [0, 0.1) is 15.9 Å². The van der Waals surface area contributed by atoms with Gasteiger partial charge in [-0.25, -0.2) is 4.39 Å². The number of benzene rings is 2. The first kappa shape index (κ1) is 13.5. The van der Waals surface area contributed by atoms with Crippen molar-refractivity contribution in [1.82, 2.24) is 0 Å². The zero-order chi connectivity index (χ0) is 13.8. The molecule has 0 aliphatic heterocycles. The summed E-state index contributed by atoms with van der Waals surface area (Å²) in [6.45, 7) is 0. The van der Waals surface area contributed by atoms with Gasteiger partial charge in [0.2, 0.25) is 0 Å². The average Bonchev–Trinajstić information content (AvgIpc) is 2.38. The van der Waals surface area contributed by atoms with E-state index in [0.717, 1.165) is 0 Å². The summed E-state index contributed by atoms with van der Waals surface area (Å²) in [4.78, 5) is 10.4. The molecule has 0 aromatic heterocycles. The number of rotatable bonds is 4. The van der Waals surface area contributed by atoms with E-state index in [1.165, 1.54) is 18.2 Å². The van der Waals surface area contributed by atoms with E-state index in [1.807, 2.05) is 0 Å². The van der Waals surface area contributed by atoms with Crippen LogP contribution in [0.3, 0.4) is 0 Å². The molecule has 0 saturated carbocycles. The predicted octanol–water partition coefficient (Wildman–Crippen LogP) is 4.17. The molecule has 3 nitrogen and oxygen atoms in total. The molecule has 0 fully saturated rings. The molecule has 0 aliphatic carbocycles. The van der Waals surface area contributed by atoms with E-state index in [4.69, 9.17) is 11.6 Å². The fraction of sp³-hybridized carbons (Fsp3) is 0.143. The van der Waals surface area contributed by atoms with Gasteiger partial charge in [0.05, 0.1) is 4.92 Å². The van der Waals surface area contributed by atoms with Crippen LogP contribution in [-0.2, 0) is 12.8 Å². The molecular formula is C14H11ClFNO2. The van der Waals surface area contributed by atoms with Gasteiger partial charge in [-0.05, 0) is 25.0 Å². The van der Waals surface area contributed by atoms with Crippen LogP contribution in [0.25, 0.3) is 0 Å². The van der Waals surface area contributed by atoms with Gasteiger partial charge >= 0.3 is 0 Å². The number of hydrogen-bond acceptors (Lipinski definition) is 2. The van der Waals surface area contributed by atoms with Crippen molar-refractivity contribution in [1.29, 1.82) is 0 Å². The number of nitro benzene ring substituents is 1. The van der Waals surface area contributed by atoms with Crippen LogP contribution < -0.4 is 0 Å². The fourth-order valence-electron chi connectivity index (χ4n) is 1.93. The standard InChI is InChI=1S/C14H11ClFNO2/c15-12-5-3-6-13(16)11(12)9-8-10-4-1-2-7-14(10)17(18)19/h1-7H,8-9H2. The second-order valence-electron chi connectivity index (χ2n) is 4.09. The molecule has 0 unspecified atom stereocenters. The van der Waals surface area contributed by atoms with E-state index in [1.54, 1.807) is 24.3 Å². The van der Waals surface area contributed by atoms with Gasteiger partial charge in [0.15, 0.2) is 0 Å². The number of nitrogens with zero attached hydrogens (tertiary/aromatic N) is 1. The lowest BCUT2D eigenvalue weighted by Gasteiger charge is -2.06. The Morgan fingerprint density at radius 3 is 2.53 bits per heavy atom. The molecule has 0 spiro atoms. The lowest BCUT2D eigenvalue weighted by atomic mass is 10.0.